The van der Waals surface area contributed by atoms with E-state index in [9.17, 15) is 15.2 Å². The van der Waals surface area contributed by atoms with Crippen LogP contribution in [0.2, 0.25) is 0 Å². The molecule has 0 radical (unpaired) electrons. The minimum atomic E-state index is -0.451. The average Bonchev–Trinajstić information content (AvgIpc) is 2.14. The maximum absolute atomic E-state index is 10.8. The number of nitro benzene ring substituents is 1. The average molecular weight is 259 g/mol. The van der Waals surface area contributed by atoms with Crippen molar-refractivity contribution in [3.05, 3.63) is 33.9 Å². The van der Waals surface area contributed by atoms with Gasteiger partial charge in [0.05, 0.1) is 10.5 Å². The van der Waals surface area contributed by atoms with Crippen LogP contribution in [0.15, 0.2) is 18.2 Å². The molecule has 3 N–H and O–H groups in total. The van der Waals surface area contributed by atoms with Crippen molar-refractivity contribution in [2.75, 3.05) is 0 Å². The second-order valence-corrected chi connectivity index (χ2v) is 4.22. The van der Waals surface area contributed by atoms with Gasteiger partial charge in [-0.25, -0.2) is 0 Å². The van der Waals surface area contributed by atoms with Crippen LogP contribution in [0.3, 0.4) is 0 Å². The predicted molar refractivity (Wildman–Crippen MR) is 66.3 cm³/mol. The molecule has 94 valence electrons. The van der Waals surface area contributed by atoms with E-state index in [2.05, 4.69) is 0 Å². The lowest BCUT2D eigenvalue weighted by Gasteiger charge is -2.31. The van der Waals surface area contributed by atoms with E-state index in [0.717, 1.165) is 19.3 Å². The monoisotopic (exact) mass is 258 g/mol. The Kier molecular flexibility index (Phi) is 4.31. The summed E-state index contributed by atoms with van der Waals surface area (Å²) in [6, 6.07) is 3.68. The molecule has 6 heteroatoms. The molecular weight excluding hydrogens is 244 g/mol. The third-order valence-electron chi connectivity index (χ3n) is 3.22. The highest BCUT2D eigenvalue weighted by Crippen LogP contribution is 2.39. The van der Waals surface area contributed by atoms with Gasteiger partial charge in [-0.3, -0.25) is 10.1 Å². The molecule has 0 aromatic heterocycles. The Morgan fingerprint density at radius 3 is 2.59 bits per heavy atom. The van der Waals surface area contributed by atoms with E-state index in [1.165, 1.54) is 18.2 Å². The summed E-state index contributed by atoms with van der Waals surface area (Å²) in [5, 5.41) is 20.2. The third kappa shape index (κ3) is 2.68. The van der Waals surface area contributed by atoms with Gasteiger partial charge in [-0.2, -0.15) is 0 Å². The van der Waals surface area contributed by atoms with Crippen molar-refractivity contribution < 1.29 is 10.0 Å². The van der Waals surface area contributed by atoms with Gasteiger partial charge in [-0.15, -0.1) is 12.4 Å². The predicted octanol–water partition coefficient (Wildman–Crippen LogP) is 2.52. The number of phenols is 1. The van der Waals surface area contributed by atoms with E-state index in [-0.39, 0.29) is 29.9 Å². The SMILES string of the molecule is Cl.N[C@@H](c1cc(O)ccc1[N+](=O)[O-])C1CCC1. The summed E-state index contributed by atoms with van der Waals surface area (Å²) in [5.74, 6) is 0.330. The largest absolute Gasteiger partial charge is 0.508 e. The number of phenolic OH excluding ortho intramolecular Hbond substituents is 1. The molecule has 17 heavy (non-hydrogen) atoms. The third-order valence-corrected chi connectivity index (χ3v) is 3.22. The standard InChI is InChI=1S/C11H14N2O3.ClH/c12-11(7-2-1-3-7)9-6-8(14)4-5-10(9)13(15)16;/h4-7,11,14H,1-3,12H2;1H/t11-;/m1./s1. The molecule has 1 aromatic rings. The first-order chi connectivity index (χ1) is 7.59. The van der Waals surface area contributed by atoms with Gasteiger partial charge in [0, 0.05) is 12.1 Å². The molecule has 0 saturated heterocycles. The highest BCUT2D eigenvalue weighted by Gasteiger charge is 2.30. The maximum Gasteiger partial charge on any atom is 0.274 e. The highest BCUT2D eigenvalue weighted by atomic mass is 35.5. The number of nitro groups is 1. The molecule has 1 fully saturated rings. The second kappa shape index (κ2) is 5.33. The molecule has 0 aliphatic heterocycles. The van der Waals surface area contributed by atoms with Crippen molar-refractivity contribution in [1.29, 1.82) is 0 Å². The van der Waals surface area contributed by atoms with Gasteiger partial charge < -0.3 is 10.8 Å². The Morgan fingerprint density at radius 1 is 1.47 bits per heavy atom. The molecule has 2 rings (SSSR count). The van der Waals surface area contributed by atoms with Gasteiger partial charge in [-0.05, 0) is 30.9 Å². The van der Waals surface area contributed by atoms with E-state index in [0.29, 0.717) is 11.5 Å². The number of rotatable bonds is 3. The Morgan fingerprint density at radius 2 is 2.12 bits per heavy atom. The van der Waals surface area contributed by atoms with Crippen LogP contribution in [0.4, 0.5) is 5.69 Å². The molecule has 0 unspecified atom stereocenters. The smallest absolute Gasteiger partial charge is 0.274 e. The van der Waals surface area contributed by atoms with Crippen molar-refractivity contribution in [2.45, 2.75) is 25.3 Å². The zero-order valence-corrected chi connectivity index (χ0v) is 10.0. The fourth-order valence-electron chi connectivity index (χ4n) is 2.03. The van der Waals surface area contributed by atoms with Crippen molar-refractivity contribution in [2.24, 2.45) is 11.7 Å². The van der Waals surface area contributed by atoms with Gasteiger partial charge >= 0.3 is 0 Å². The summed E-state index contributed by atoms with van der Waals surface area (Å²) in [6.07, 6.45) is 3.15. The zero-order chi connectivity index (χ0) is 11.7. The fourth-order valence-corrected chi connectivity index (χ4v) is 2.03. The van der Waals surface area contributed by atoms with Crippen molar-refractivity contribution in [3.8, 4) is 5.75 Å². The van der Waals surface area contributed by atoms with E-state index in [1.54, 1.807) is 0 Å². The lowest BCUT2D eigenvalue weighted by Crippen LogP contribution is -2.27. The lowest BCUT2D eigenvalue weighted by molar-refractivity contribution is -0.385. The minimum absolute atomic E-state index is 0. The molecule has 0 spiro atoms. The van der Waals surface area contributed by atoms with Crippen molar-refractivity contribution >= 4 is 18.1 Å². The van der Waals surface area contributed by atoms with Gasteiger partial charge in [0.2, 0.25) is 0 Å². The number of nitrogens with zero attached hydrogens (tertiary/aromatic N) is 1. The van der Waals surface area contributed by atoms with Crippen LogP contribution in [0.1, 0.15) is 30.9 Å². The van der Waals surface area contributed by atoms with Crippen LogP contribution in [-0.2, 0) is 0 Å². The molecule has 1 aliphatic carbocycles. The molecular formula is C11H15ClN2O3. The molecule has 1 aliphatic rings. The van der Waals surface area contributed by atoms with Crippen LogP contribution in [0, 0.1) is 16.0 Å². The maximum atomic E-state index is 10.8. The normalized spacial score (nSPS) is 16.8. The molecule has 1 saturated carbocycles. The number of hydrogen-bond acceptors (Lipinski definition) is 4. The van der Waals surface area contributed by atoms with Crippen LogP contribution in [0.25, 0.3) is 0 Å². The topological polar surface area (TPSA) is 89.4 Å². The Balaban J connectivity index is 0.00000144. The number of benzene rings is 1. The van der Waals surface area contributed by atoms with Crippen molar-refractivity contribution in [1.82, 2.24) is 0 Å². The quantitative estimate of drug-likeness (QED) is 0.644. The molecule has 0 amide bonds. The second-order valence-electron chi connectivity index (χ2n) is 4.22. The van der Waals surface area contributed by atoms with E-state index in [1.807, 2.05) is 0 Å². The molecule has 5 nitrogen and oxygen atoms in total. The van der Waals surface area contributed by atoms with Crippen LogP contribution < -0.4 is 5.73 Å². The number of nitrogens with two attached hydrogens (primary N) is 1. The first-order valence-corrected chi connectivity index (χ1v) is 5.32. The first kappa shape index (κ1) is 13.7. The number of aromatic hydroxyl groups is 1. The first-order valence-electron chi connectivity index (χ1n) is 5.32. The zero-order valence-electron chi connectivity index (χ0n) is 9.20. The molecule has 1 atom stereocenters. The number of halogens is 1. The lowest BCUT2D eigenvalue weighted by atomic mass is 9.77. The summed E-state index contributed by atoms with van der Waals surface area (Å²) >= 11 is 0. The van der Waals surface area contributed by atoms with Gasteiger partial charge in [0.15, 0.2) is 0 Å². The van der Waals surface area contributed by atoms with Gasteiger partial charge in [0.1, 0.15) is 5.75 Å². The molecule has 1 aromatic carbocycles. The molecule has 0 heterocycles. The van der Waals surface area contributed by atoms with Crippen LogP contribution in [-0.4, -0.2) is 10.0 Å². The van der Waals surface area contributed by atoms with E-state index in [4.69, 9.17) is 5.73 Å². The van der Waals surface area contributed by atoms with Crippen molar-refractivity contribution in [3.63, 3.8) is 0 Å². The highest BCUT2D eigenvalue weighted by molar-refractivity contribution is 5.85. The Bertz CT molecular complexity index is 421. The van der Waals surface area contributed by atoms with Gasteiger partial charge in [0.25, 0.3) is 5.69 Å². The Hall–Kier alpha value is -1.33. The molecule has 0 bridgehead atoms. The number of hydrogen-bond donors (Lipinski definition) is 2. The summed E-state index contributed by atoms with van der Waals surface area (Å²) in [5.41, 5.74) is 6.43. The van der Waals surface area contributed by atoms with Gasteiger partial charge in [-0.1, -0.05) is 6.42 Å². The Labute approximate surface area is 105 Å². The minimum Gasteiger partial charge on any atom is -0.508 e. The summed E-state index contributed by atoms with van der Waals surface area (Å²) < 4.78 is 0. The van der Waals surface area contributed by atoms with E-state index >= 15 is 0 Å². The summed E-state index contributed by atoms with van der Waals surface area (Å²) in [6.45, 7) is 0. The fraction of sp³-hybridized carbons (Fsp3) is 0.455. The van der Waals surface area contributed by atoms with Crippen LogP contribution >= 0.6 is 12.4 Å². The van der Waals surface area contributed by atoms with Crippen LogP contribution in [0.5, 0.6) is 5.75 Å². The van der Waals surface area contributed by atoms with E-state index < -0.39 is 4.92 Å². The summed E-state index contributed by atoms with van der Waals surface area (Å²) in [7, 11) is 0. The summed E-state index contributed by atoms with van der Waals surface area (Å²) in [4.78, 5) is 10.4.